The Bertz CT molecular complexity index is 1270. The van der Waals surface area contributed by atoms with Crippen molar-refractivity contribution in [2.75, 3.05) is 0 Å². The maximum absolute atomic E-state index is 12.9. The number of nitrogens with zero attached hydrogens (tertiary/aromatic N) is 5. The Morgan fingerprint density at radius 3 is 2.50 bits per heavy atom. The van der Waals surface area contributed by atoms with Crippen LogP contribution >= 0.6 is 0 Å². The number of allylic oxidation sites excluding steroid dienone is 1. The van der Waals surface area contributed by atoms with E-state index in [0.717, 1.165) is 0 Å². The van der Waals surface area contributed by atoms with Crippen molar-refractivity contribution in [2.45, 2.75) is 11.4 Å². The minimum Gasteiger partial charge on any atom is -0.296 e. The number of para-hydroxylation sites is 2. The summed E-state index contributed by atoms with van der Waals surface area (Å²) in [5.41, 5.74) is 1.27. The SMILES string of the molecule is C=CC[n+]1ccn(-c2nc3ccccc3nc2N=S(=O)(O)c2ccccc2)c1. The zero-order valence-corrected chi connectivity index (χ0v) is 15.7. The molecule has 0 aliphatic heterocycles. The lowest BCUT2D eigenvalue weighted by Gasteiger charge is -2.06. The average molecular weight is 392 g/mol. The number of imidazole rings is 1. The fourth-order valence-corrected chi connectivity index (χ4v) is 3.73. The lowest BCUT2D eigenvalue weighted by Crippen LogP contribution is -2.29. The summed E-state index contributed by atoms with van der Waals surface area (Å²) >= 11 is 0. The van der Waals surface area contributed by atoms with E-state index in [2.05, 4.69) is 20.9 Å². The third-order valence-electron chi connectivity index (χ3n) is 4.07. The third-order valence-corrected chi connectivity index (χ3v) is 5.38. The zero-order chi connectivity index (χ0) is 19.6. The molecule has 4 aromatic rings. The van der Waals surface area contributed by atoms with E-state index in [-0.39, 0.29) is 10.7 Å². The molecule has 8 heteroatoms. The summed E-state index contributed by atoms with van der Waals surface area (Å²) in [5.74, 6) is 0.468. The Kier molecular flexibility index (Phi) is 4.72. The molecule has 0 fully saturated rings. The molecular formula is C20H18N5O2S+. The van der Waals surface area contributed by atoms with Gasteiger partial charge in [-0.15, -0.1) is 4.36 Å². The molecule has 0 aliphatic rings. The lowest BCUT2D eigenvalue weighted by molar-refractivity contribution is -0.686. The topological polar surface area (TPSA) is 84.3 Å². The maximum atomic E-state index is 12.9. The molecule has 1 N–H and O–H groups in total. The fourth-order valence-electron chi connectivity index (χ4n) is 2.76. The Hall–Kier alpha value is -3.36. The first-order valence-electron chi connectivity index (χ1n) is 8.56. The molecule has 0 aliphatic carbocycles. The van der Waals surface area contributed by atoms with Crippen LogP contribution in [0, 0.1) is 0 Å². The van der Waals surface area contributed by atoms with Crippen molar-refractivity contribution in [3.05, 3.63) is 86.0 Å². The molecule has 2 aromatic carbocycles. The molecule has 28 heavy (non-hydrogen) atoms. The molecular weight excluding hydrogens is 374 g/mol. The normalized spacial score (nSPS) is 13.2. The van der Waals surface area contributed by atoms with E-state index in [0.29, 0.717) is 23.4 Å². The van der Waals surface area contributed by atoms with Gasteiger partial charge >= 0.3 is 0 Å². The van der Waals surface area contributed by atoms with Crippen molar-refractivity contribution >= 4 is 26.9 Å². The van der Waals surface area contributed by atoms with E-state index in [1.54, 1.807) is 59.6 Å². The van der Waals surface area contributed by atoms with E-state index in [1.165, 1.54) is 0 Å². The van der Waals surface area contributed by atoms with Crippen LogP contribution in [0.15, 0.2) is 95.2 Å². The Morgan fingerprint density at radius 1 is 1.11 bits per heavy atom. The molecule has 0 saturated carbocycles. The summed E-state index contributed by atoms with van der Waals surface area (Å²) in [6, 6.07) is 15.6. The number of fused-ring (bicyclic) bond motifs is 1. The van der Waals surface area contributed by atoms with Gasteiger partial charge in [-0.2, -0.15) is 4.57 Å². The number of rotatable bonds is 5. The number of hydrogen-bond acceptors (Lipinski definition) is 4. The van der Waals surface area contributed by atoms with Gasteiger partial charge < -0.3 is 0 Å². The van der Waals surface area contributed by atoms with Crippen molar-refractivity contribution in [3.63, 3.8) is 0 Å². The molecule has 0 saturated heterocycles. The van der Waals surface area contributed by atoms with Crippen LogP contribution in [0.4, 0.5) is 5.82 Å². The van der Waals surface area contributed by atoms with E-state index >= 15 is 0 Å². The van der Waals surface area contributed by atoms with Crippen molar-refractivity contribution < 1.29 is 13.3 Å². The molecule has 2 aromatic heterocycles. The van der Waals surface area contributed by atoms with Crippen molar-refractivity contribution in [2.24, 2.45) is 4.36 Å². The lowest BCUT2D eigenvalue weighted by atomic mass is 10.3. The smallest absolute Gasteiger partial charge is 0.272 e. The predicted molar refractivity (Wildman–Crippen MR) is 107 cm³/mol. The summed E-state index contributed by atoms with van der Waals surface area (Å²) in [5, 5.41) is 0. The summed E-state index contributed by atoms with van der Waals surface area (Å²) in [7, 11) is -3.68. The Balaban J connectivity index is 1.94. The van der Waals surface area contributed by atoms with Crippen molar-refractivity contribution in [1.29, 1.82) is 0 Å². The van der Waals surface area contributed by atoms with Crippen LogP contribution < -0.4 is 4.57 Å². The predicted octanol–water partition coefficient (Wildman–Crippen LogP) is 3.53. The second-order valence-corrected chi connectivity index (χ2v) is 7.71. The van der Waals surface area contributed by atoms with Gasteiger partial charge in [-0.05, 0) is 24.3 Å². The maximum Gasteiger partial charge on any atom is 0.272 e. The summed E-state index contributed by atoms with van der Waals surface area (Å²) in [6.07, 6.45) is 7.23. The minimum atomic E-state index is -3.68. The van der Waals surface area contributed by atoms with Crippen LogP contribution in [0.2, 0.25) is 0 Å². The van der Waals surface area contributed by atoms with Crippen LogP contribution in [0.3, 0.4) is 0 Å². The van der Waals surface area contributed by atoms with Crippen LogP contribution in [-0.2, 0) is 16.6 Å². The first kappa shape index (κ1) is 18.0. The zero-order valence-electron chi connectivity index (χ0n) is 14.9. The standard InChI is InChI=1S/C20H17N5O2S/c1-2-12-24-13-14-25(15-24)20-19(21-17-10-6-7-11-18(17)22-20)23-28(26,27)16-8-4-3-5-9-16/h2-11,13-15H,1,12H2/p+1. The fraction of sp³-hybridized carbons (Fsp3) is 0.0500. The quantitative estimate of drug-likeness (QED) is 0.416. The van der Waals surface area contributed by atoms with E-state index in [1.807, 2.05) is 29.0 Å². The van der Waals surface area contributed by atoms with Gasteiger partial charge in [0.05, 0.1) is 15.9 Å². The monoisotopic (exact) mass is 392 g/mol. The Labute approximate surface area is 162 Å². The molecule has 2 heterocycles. The van der Waals surface area contributed by atoms with E-state index < -0.39 is 10.0 Å². The largest absolute Gasteiger partial charge is 0.296 e. The van der Waals surface area contributed by atoms with Gasteiger partial charge in [-0.3, -0.25) is 4.55 Å². The highest BCUT2D eigenvalue weighted by Crippen LogP contribution is 2.25. The molecule has 0 radical (unpaired) electrons. The third kappa shape index (κ3) is 3.55. The van der Waals surface area contributed by atoms with Crippen molar-refractivity contribution in [1.82, 2.24) is 14.5 Å². The minimum absolute atomic E-state index is 0.0939. The van der Waals surface area contributed by atoms with Gasteiger partial charge in [-0.25, -0.2) is 18.7 Å². The number of hydrogen-bond donors (Lipinski definition) is 1. The highest BCUT2D eigenvalue weighted by molar-refractivity contribution is 7.88. The van der Waals surface area contributed by atoms with Gasteiger partial charge in [-0.1, -0.05) is 43.0 Å². The first-order valence-corrected chi connectivity index (χ1v) is 10.0. The van der Waals surface area contributed by atoms with Gasteiger partial charge in [0.15, 0.2) is 10.0 Å². The van der Waals surface area contributed by atoms with Crippen LogP contribution in [0.1, 0.15) is 0 Å². The molecule has 1 atom stereocenters. The molecule has 0 amide bonds. The van der Waals surface area contributed by atoms with E-state index in [4.69, 9.17) is 0 Å². The van der Waals surface area contributed by atoms with Crippen LogP contribution in [0.25, 0.3) is 16.9 Å². The number of benzene rings is 2. The van der Waals surface area contributed by atoms with Gasteiger partial charge in [0.25, 0.3) is 12.1 Å². The van der Waals surface area contributed by atoms with E-state index in [9.17, 15) is 8.76 Å². The highest BCUT2D eigenvalue weighted by Gasteiger charge is 2.19. The second kappa shape index (κ2) is 7.34. The average Bonchev–Trinajstić information content (AvgIpc) is 3.16. The second-order valence-electron chi connectivity index (χ2n) is 6.07. The molecule has 4 rings (SSSR count). The van der Waals surface area contributed by atoms with Gasteiger partial charge in [0, 0.05) is 0 Å². The molecule has 7 nitrogen and oxygen atoms in total. The molecule has 0 spiro atoms. The van der Waals surface area contributed by atoms with Gasteiger partial charge in [0.2, 0.25) is 5.82 Å². The molecule has 140 valence electrons. The highest BCUT2D eigenvalue weighted by atomic mass is 32.2. The molecule has 1 unspecified atom stereocenters. The summed E-state index contributed by atoms with van der Waals surface area (Å²) in [6.45, 7) is 4.36. The summed E-state index contributed by atoms with van der Waals surface area (Å²) in [4.78, 5) is 9.34. The van der Waals surface area contributed by atoms with Crippen molar-refractivity contribution in [3.8, 4) is 5.82 Å². The van der Waals surface area contributed by atoms with Crippen LogP contribution in [0.5, 0.6) is 0 Å². The first-order chi connectivity index (χ1) is 13.6. The van der Waals surface area contributed by atoms with Crippen LogP contribution in [-0.4, -0.2) is 23.3 Å². The van der Waals surface area contributed by atoms with Gasteiger partial charge in [0.1, 0.15) is 18.9 Å². The summed E-state index contributed by atoms with van der Waals surface area (Å²) < 4.78 is 31.1. The number of aromatic nitrogens is 4. The Morgan fingerprint density at radius 2 is 1.79 bits per heavy atom. The molecule has 0 bridgehead atoms.